The summed E-state index contributed by atoms with van der Waals surface area (Å²) in [5.41, 5.74) is 0.411. The van der Waals surface area contributed by atoms with Crippen LogP contribution in [0, 0.1) is 11.3 Å². The van der Waals surface area contributed by atoms with Crippen LogP contribution in [0.25, 0.3) is 0 Å². The molecule has 7 heteroatoms. The monoisotopic (exact) mass is 349 g/mol. The van der Waals surface area contributed by atoms with Gasteiger partial charge in [-0.2, -0.15) is 0 Å². The lowest BCUT2D eigenvalue weighted by Crippen LogP contribution is -2.40. The van der Waals surface area contributed by atoms with Crippen LogP contribution in [0.5, 0.6) is 0 Å². The molecule has 4 rings (SSSR count). The first-order valence-corrected chi connectivity index (χ1v) is 9.47. The van der Waals surface area contributed by atoms with Gasteiger partial charge in [-0.3, -0.25) is 19.4 Å². The largest absolute Gasteiger partial charge is 0.481 e. The van der Waals surface area contributed by atoms with Gasteiger partial charge in [0.15, 0.2) is 0 Å². The first kappa shape index (κ1) is 16.1. The molecule has 4 heterocycles. The average Bonchev–Trinajstić information content (AvgIpc) is 3.29. The van der Waals surface area contributed by atoms with Crippen molar-refractivity contribution in [2.45, 2.75) is 25.9 Å². The van der Waals surface area contributed by atoms with Crippen molar-refractivity contribution in [3.05, 3.63) is 21.9 Å². The standard InChI is InChI=1S/C17H23N3O3S/c21-15-14-8-20(11-17(14,10-18-15)16(22)23)7-13-5-12(9-24-13)6-19-3-1-2-4-19/h5,9,14H,1-4,6-8,10-11H2,(H,18,21)(H,22,23)/t14-,17+/m0/s1. The molecule has 3 aliphatic rings. The third kappa shape index (κ3) is 2.74. The molecule has 3 fully saturated rings. The van der Waals surface area contributed by atoms with E-state index in [9.17, 15) is 14.7 Å². The predicted octanol–water partition coefficient (Wildman–Crippen LogP) is 0.976. The Morgan fingerprint density at radius 3 is 2.83 bits per heavy atom. The third-order valence-corrected chi connectivity index (χ3v) is 6.60. The number of nitrogens with one attached hydrogen (secondary N) is 1. The lowest BCUT2D eigenvalue weighted by atomic mass is 9.81. The highest BCUT2D eigenvalue weighted by atomic mass is 32.1. The van der Waals surface area contributed by atoms with E-state index >= 15 is 0 Å². The number of nitrogens with zero attached hydrogens (tertiary/aromatic N) is 2. The second-order valence-electron chi connectivity index (χ2n) is 7.31. The van der Waals surface area contributed by atoms with E-state index in [2.05, 4.69) is 26.6 Å². The van der Waals surface area contributed by atoms with Crippen molar-refractivity contribution in [1.82, 2.24) is 15.1 Å². The Labute approximate surface area is 145 Å². The Morgan fingerprint density at radius 1 is 1.33 bits per heavy atom. The number of amides is 1. The van der Waals surface area contributed by atoms with Gasteiger partial charge in [-0.05, 0) is 42.9 Å². The Hall–Kier alpha value is -1.44. The fourth-order valence-corrected chi connectivity index (χ4v) is 5.23. The van der Waals surface area contributed by atoms with Gasteiger partial charge in [0.25, 0.3) is 0 Å². The molecule has 0 spiro atoms. The first-order chi connectivity index (χ1) is 11.6. The minimum Gasteiger partial charge on any atom is -0.481 e. The van der Waals surface area contributed by atoms with E-state index < -0.39 is 17.3 Å². The Morgan fingerprint density at radius 2 is 2.12 bits per heavy atom. The minimum absolute atomic E-state index is 0.110. The molecule has 0 aliphatic carbocycles. The van der Waals surface area contributed by atoms with Crippen molar-refractivity contribution >= 4 is 23.2 Å². The molecule has 3 aliphatic heterocycles. The van der Waals surface area contributed by atoms with Crippen molar-refractivity contribution in [2.24, 2.45) is 11.3 Å². The summed E-state index contributed by atoms with van der Waals surface area (Å²) in [6.45, 7) is 5.38. The molecule has 130 valence electrons. The molecule has 2 atom stereocenters. The second-order valence-corrected chi connectivity index (χ2v) is 8.30. The van der Waals surface area contributed by atoms with Crippen LogP contribution in [0.2, 0.25) is 0 Å². The number of aliphatic carboxylic acids is 1. The zero-order chi connectivity index (χ0) is 16.7. The summed E-state index contributed by atoms with van der Waals surface area (Å²) in [6.07, 6.45) is 2.59. The maximum atomic E-state index is 12.0. The molecule has 0 unspecified atom stereocenters. The van der Waals surface area contributed by atoms with E-state index in [0.29, 0.717) is 13.1 Å². The van der Waals surface area contributed by atoms with Crippen LogP contribution in [0.3, 0.4) is 0 Å². The number of rotatable bonds is 5. The number of fused-ring (bicyclic) bond motifs is 1. The van der Waals surface area contributed by atoms with Gasteiger partial charge in [0.1, 0.15) is 5.41 Å². The second kappa shape index (κ2) is 6.13. The number of carbonyl (C=O) groups is 2. The van der Waals surface area contributed by atoms with Gasteiger partial charge in [-0.15, -0.1) is 11.3 Å². The highest BCUT2D eigenvalue weighted by Crippen LogP contribution is 2.40. The summed E-state index contributed by atoms with van der Waals surface area (Å²) in [6, 6.07) is 2.24. The average molecular weight is 349 g/mol. The molecule has 3 saturated heterocycles. The smallest absolute Gasteiger partial charge is 0.313 e. The van der Waals surface area contributed by atoms with E-state index in [1.54, 1.807) is 11.3 Å². The SMILES string of the molecule is O=C1NC[C@@]2(C(=O)O)CN(Cc3cc(CN4CCCC4)cs3)C[C@@H]12. The maximum Gasteiger partial charge on any atom is 0.313 e. The summed E-state index contributed by atoms with van der Waals surface area (Å²) in [4.78, 5) is 29.5. The van der Waals surface area contributed by atoms with Gasteiger partial charge in [-0.25, -0.2) is 0 Å². The molecule has 1 aromatic rings. The van der Waals surface area contributed by atoms with Crippen molar-refractivity contribution in [1.29, 1.82) is 0 Å². The van der Waals surface area contributed by atoms with Crippen molar-refractivity contribution < 1.29 is 14.7 Å². The number of carboxylic acids is 1. The predicted molar refractivity (Wildman–Crippen MR) is 90.7 cm³/mol. The molecular formula is C17H23N3O3S. The lowest BCUT2D eigenvalue weighted by molar-refractivity contribution is -0.149. The molecule has 0 aromatic carbocycles. The van der Waals surface area contributed by atoms with E-state index in [-0.39, 0.29) is 12.5 Å². The Balaban J connectivity index is 1.40. The van der Waals surface area contributed by atoms with Crippen LogP contribution >= 0.6 is 11.3 Å². The third-order valence-electron chi connectivity index (χ3n) is 5.63. The molecule has 6 nitrogen and oxygen atoms in total. The number of carbonyl (C=O) groups excluding carboxylic acids is 1. The fraction of sp³-hybridized carbons (Fsp3) is 0.647. The van der Waals surface area contributed by atoms with Crippen molar-refractivity contribution in [3.63, 3.8) is 0 Å². The topological polar surface area (TPSA) is 72.9 Å². The van der Waals surface area contributed by atoms with Gasteiger partial charge in [0.2, 0.25) is 5.91 Å². The van der Waals surface area contributed by atoms with Crippen molar-refractivity contribution in [3.8, 4) is 0 Å². The van der Waals surface area contributed by atoms with Crippen molar-refractivity contribution in [2.75, 3.05) is 32.7 Å². The summed E-state index contributed by atoms with van der Waals surface area (Å²) in [5, 5.41) is 14.6. The van der Waals surface area contributed by atoms with Crippen LogP contribution in [-0.4, -0.2) is 59.5 Å². The number of carboxylic acid groups (broad SMARTS) is 1. The molecule has 0 bridgehead atoms. The van der Waals surface area contributed by atoms with Gasteiger partial charge in [0, 0.05) is 37.6 Å². The van der Waals surface area contributed by atoms with Crippen LogP contribution in [-0.2, 0) is 22.7 Å². The molecule has 1 amide bonds. The Bertz CT molecular complexity index is 655. The van der Waals surface area contributed by atoms with Gasteiger partial charge in [-0.1, -0.05) is 0 Å². The van der Waals surface area contributed by atoms with E-state index in [1.165, 1.54) is 36.4 Å². The summed E-state index contributed by atoms with van der Waals surface area (Å²) in [7, 11) is 0. The van der Waals surface area contributed by atoms with Crippen LogP contribution < -0.4 is 5.32 Å². The molecular weight excluding hydrogens is 326 g/mol. The summed E-state index contributed by atoms with van der Waals surface area (Å²) >= 11 is 1.74. The van der Waals surface area contributed by atoms with Crippen LogP contribution in [0.4, 0.5) is 0 Å². The van der Waals surface area contributed by atoms with E-state index in [0.717, 1.165) is 13.1 Å². The highest BCUT2D eigenvalue weighted by molar-refractivity contribution is 7.10. The molecule has 2 N–H and O–H groups in total. The number of thiophene rings is 1. The van der Waals surface area contributed by atoms with Crippen LogP contribution in [0.15, 0.2) is 11.4 Å². The molecule has 24 heavy (non-hydrogen) atoms. The quantitative estimate of drug-likeness (QED) is 0.829. The maximum absolute atomic E-state index is 12.0. The fourth-order valence-electron chi connectivity index (χ4n) is 4.31. The molecule has 0 saturated carbocycles. The summed E-state index contributed by atoms with van der Waals surface area (Å²) < 4.78 is 0. The zero-order valence-corrected chi connectivity index (χ0v) is 14.5. The Kier molecular flexibility index (Phi) is 4.10. The first-order valence-electron chi connectivity index (χ1n) is 8.59. The van der Waals surface area contributed by atoms with Gasteiger partial charge < -0.3 is 10.4 Å². The minimum atomic E-state index is -0.938. The molecule has 1 aromatic heterocycles. The lowest BCUT2D eigenvalue weighted by Gasteiger charge is -2.21. The van der Waals surface area contributed by atoms with Gasteiger partial charge in [0.05, 0.1) is 5.92 Å². The van der Waals surface area contributed by atoms with E-state index in [1.807, 2.05) is 0 Å². The van der Waals surface area contributed by atoms with Gasteiger partial charge >= 0.3 is 5.97 Å². The zero-order valence-electron chi connectivity index (χ0n) is 13.7. The highest BCUT2D eigenvalue weighted by Gasteiger charge is 2.59. The van der Waals surface area contributed by atoms with Crippen LogP contribution in [0.1, 0.15) is 23.3 Å². The summed E-state index contributed by atoms with van der Waals surface area (Å²) in [5.74, 6) is -1.38. The normalized spacial score (nSPS) is 30.7. The number of likely N-dealkylation sites (tertiary alicyclic amines) is 2. The number of hydrogen-bond acceptors (Lipinski definition) is 5. The molecule has 0 radical (unpaired) electrons. The van der Waals surface area contributed by atoms with E-state index in [4.69, 9.17) is 0 Å². The number of hydrogen-bond donors (Lipinski definition) is 2.